The number of amides is 1. The van der Waals surface area contributed by atoms with Crippen LogP contribution in [0.3, 0.4) is 0 Å². The molecule has 1 aliphatic heterocycles. The lowest BCUT2D eigenvalue weighted by atomic mass is 10.1. The van der Waals surface area contributed by atoms with Crippen LogP contribution in [0.15, 0.2) is 34.9 Å². The number of aromatic nitrogens is 1. The lowest BCUT2D eigenvalue weighted by Gasteiger charge is -2.08. The van der Waals surface area contributed by atoms with Crippen molar-refractivity contribution in [3.63, 3.8) is 0 Å². The van der Waals surface area contributed by atoms with Gasteiger partial charge in [0.1, 0.15) is 12.1 Å². The van der Waals surface area contributed by atoms with E-state index < -0.39 is 15.8 Å². The van der Waals surface area contributed by atoms with Gasteiger partial charge in [-0.05, 0) is 30.7 Å². The lowest BCUT2D eigenvalue weighted by molar-refractivity contribution is -0.124. The lowest BCUT2D eigenvalue weighted by Crippen LogP contribution is -2.32. The Morgan fingerprint density at radius 3 is 2.75 bits per heavy atom. The first kappa shape index (κ1) is 16.6. The van der Waals surface area contributed by atoms with Crippen molar-refractivity contribution in [1.29, 1.82) is 0 Å². The summed E-state index contributed by atoms with van der Waals surface area (Å²) in [5.41, 5.74) is 1.33. The van der Waals surface area contributed by atoms with Crippen LogP contribution in [0.1, 0.15) is 12.1 Å². The SMILES string of the molecule is O=C(NCCc1coc(-c2ccc(F)cc2)n1)C1CCS(=O)(=O)C1. The molecule has 1 fully saturated rings. The van der Waals surface area contributed by atoms with Gasteiger partial charge in [-0.2, -0.15) is 0 Å². The molecule has 128 valence electrons. The van der Waals surface area contributed by atoms with Gasteiger partial charge in [-0.3, -0.25) is 4.79 Å². The number of hydrogen-bond donors (Lipinski definition) is 1. The maximum atomic E-state index is 12.9. The van der Waals surface area contributed by atoms with E-state index in [-0.39, 0.29) is 23.2 Å². The first-order valence-electron chi connectivity index (χ1n) is 7.61. The van der Waals surface area contributed by atoms with Crippen LogP contribution in [0, 0.1) is 11.7 Å². The van der Waals surface area contributed by atoms with Crippen LogP contribution >= 0.6 is 0 Å². The third-order valence-corrected chi connectivity index (χ3v) is 5.69. The second-order valence-electron chi connectivity index (χ2n) is 5.79. The summed E-state index contributed by atoms with van der Waals surface area (Å²) in [6.07, 6.45) is 2.34. The first-order valence-corrected chi connectivity index (χ1v) is 9.43. The van der Waals surface area contributed by atoms with Gasteiger partial charge in [0.15, 0.2) is 9.84 Å². The van der Waals surface area contributed by atoms with E-state index in [0.717, 1.165) is 0 Å². The summed E-state index contributed by atoms with van der Waals surface area (Å²) in [7, 11) is -3.06. The normalized spacial score (nSPS) is 19.3. The smallest absolute Gasteiger partial charge is 0.226 e. The average Bonchev–Trinajstić information content (AvgIpc) is 3.14. The monoisotopic (exact) mass is 352 g/mol. The molecule has 0 saturated carbocycles. The van der Waals surface area contributed by atoms with Gasteiger partial charge in [-0.1, -0.05) is 0 Å². The Balaban J connectivity index is 1.51. The number of rotatable bonds is 5. The van der Waals surface area contributed by atoms with Gasteiger partial charge in [0.25, 0.3) is 0 Å². The fourth-order valence-corrected chi connectivity index (χ4v) is 4.35. The van der Waals surface area contributed by atoms with Crippen molar-refractivity contribution in [1.82, 2.24) is 10.3 Å². The molecular weight excluding hydrogens is 335 g/mol. The van der Waals surface area contributed by atoms with Crippen molar-refractivity contribution in [3.8, 4) is 11.5 Å². The van der Waals surface area contributed by atoms with Crippen LogP contribution in [0.2, 0.25) is 0 Å². The molecule has 2 heterocycles. The van der Waals surface area contributed by atoms with E-state index in [1.165, 1.54) is 18.4 Å². The highest BCUT2D eigenvalue weighted by Crippen LogP contribution is 2.20. The number of nitrogens with one attached hydrogen (secondary N) is 1. The molecular formula is C16H17FN2O4S. The number of oxazole rings is 1. The Bertz CT molecular complexity index is 830. The zero-order chi connectivity index (χ0) is 17.2. The zero-order valence-corrected chi connectivity index (χ0v) is 13.7. The summed E-state index contributed by atoms with van der Waals surface area (Å²) in [5.74, 6) is -0.631. The highest BCUT2D eigenvalue weighted by Gasteiger charge is 2.32. The van der Waals surface area contributed by atoms with Crippen molar-refractivity contribution in [2.24, 2.45) is 5.92 Å². The summed E-state index contributed by atoms with van der Waals surface area (Å²) >= 11 is 0. The largest absolute Gasteiger partial charge is 0.444 e. The number of hydrogen-bond acceptors (Lipinski definition) is 5. The fraction of sp³-hybridized carbons (Fsp3) is 0.375. The summed E-state index contributed by atoms with van der Waals surface area (Å²) in [6, 6.07) is 5.81. The number of halogens is 1. The van der Waals surface area contributed by atoms with Crippen LogP contribution in [-0.4, -0.2) is 37.4 Å². The molecule has 0 aliphatic carbocycles. The van der Waals surface area contributed by atoms with Crippen molar-refractivity contribution in [3.05, 3.63) is 42.0 Å². The summed E-state index contributed by atoms with van der Waals surface area (Å²) in [6.45, 7) is 0.352. The molecule has 8 heteroatoms. The van der Waals surface area contributed by atoms with E-state index >= 15 is 0 Å². The number of sulfone groups is 1. The maximum absolute atomic E-state index is 12.9. The van der Waals surface area contributed by atoms with E-state index in [0.29, 0.717) is 36.5 Å². The van der Waals surface area contributed by atoms with Crippen molar-refractivity contribution >= 4 is 15.7 Å². The molecule has 0 spiro atoms. The topological polar surface area (TPSA) is 89.3 Å². The van der Waals surface area contributed by atoms with E-state index in [1.807, 2.05) is 0 Å². The molecule has 1 aliphatic rings. The van der Waals surface area contributed by atoms with Crippen LogP contribution in [0.4, 0.5) is 4.39 Å². The van der Waals surface area contributed by atoms with Crippen molar-refractivity contribution < 1.29 is 22.0 Å². The van der Waals surface area contributed by atoms with Crippen LogP contribution in [0.5, 0.6) is 0 Å². The molecule has 1 atom stereocenters. The number of carbonyl (C=O) groups is 1. The van der Waals surface area contributed by atoms with Gasteiger partial charge in [0, 0.05) is 18.5 Å². The van der Waals surface area contributed by atoms with Gasteiger partial charge >= 0.3 is 0 Å². The Labute approximate surface area is 139 Å². The number of nitrogens with zero attached hydrogens (tertiary/aromatic N) is 1. The molecule has 1 N–H and O–H groups in total. The molecule has 24 heavy (non-hydrogen) atoms. The Hall–Kier alpha value is -2.22. The summed E-state index contributed by atoms with van der Waals surface area (Å²) in [5, 5.41) is 2.73. The van der Waals surface area contributed by atoms with Gasteiger partial charge in [-0.15, -0.1) is 0 Å². The molecule has 3 rings (SSSR count). The molecule has 0 radical (unpaired) electrons. The van der Waals surface area contributed by atoms with Crippen LogP contribution in [0.25, 0.3) is 11.5 Å². The fourth-order valence-electron chi connectivity index (χ4n) is 2.61. The van der Waals surface area contributed by atoms with E-state index in [2.05, 4.69) is 10.3 Å². The van der Waals surface area contributed by atoms with Crippen LogP contribution in [-0.2, 0) is 21.1 Å². The first-order chi connectivity index (χ1) is 11.4. The van der Waals surface area contributed by atoms with Gasteiger partial charge in [0.2, 0.25) is 11.8 Å². The number of carbonyl (C=O) groups excluding carboxylic acids is 1. The summed E-state index contributed by atoms with van der Waals surface area (Å²) in [4.78, 5) is 16.2. The van der Waals surface area contributed by atoms with Gasteiger partial charge in [-0.25, -0.2) is 17.8 Å². The minimum absolute atomic E-state index is 0.0719. The van der Waals surface area contributed by atoms with E-state index in [9.17, 15) is 17.6 Å². The van der Waals surface area contributed by atoms with Crippen molar-refractivity contribution in [2.45, 2.75) is 12.8 Å². The van der Waals surface area contributed by atoms with Gasteiger partial charge in [0.05, 0.1) is 23.1 Å². The number of benzene rings is 1. The molecule has 1 saturated heterocycles. The molecule has 1 unspecified atom stereocenters. The van der Waals surface area contributed by atoms with E-state index in [1.54, 1.807) is 12.1 Å². The molecule has 2 aromatic rings. The zero-order valence-electron chi connectivity index (χ0n) is 12.9. The van der Waals surface area contributed by atoms with E-state index in [4.69, 9.17) is 4.42 Å². The predicted molar refractivity (Wildman–Crippen MR) is 85.4 cm³/mol. The molecule has 6 nitrogen and oxygen atoms in total. The summed E-state index contributed by atoms with van der Waals surface area (Å²) < 4.78 is 41.0. The highest BCUT2D eigenvalue weighted by molar-refractivity contribution is 7.91. The second-order valence-corrected chi connectivity index (χ2v) is 8.02. The van der Waals surface area contributed by atoms with Crippen molar-refractivity contribution in [2.75, 3.05) is 18.1 Å². The van der Waals surface area contributed by atoms with Crippen LogP contribution < -0.4 is 5.32 Å². The molecule has 0 bridgehead atoms. The third-order valence-electron chi connectivity index (χ3n) is 3.93. The standard InChI is InChI=1S/C16H17FN2O4S/c17-13-3-1-11(2-4-13)16-19-14(9-23-16)5-7-18-15(20)12-6-8-24(21,22)10-12/h1-4,9,12H,5-8,10H2,(H,18,20). The highest BCUT2D eigenvalue weighted by atomic mass is 32.2. The second kappa shape index (κ2) is 6.72. The van der Waals surface area contributed by atoms with Gasteiger partial charge < -0.3 is 9.73 Å². The Kier molecular flexibility index (Phi) is 4.66. The predicted octanol–water partition coefficient (Wildman–Crippen LogP) is 1.57. The Morgan fingerprint density at radius 1 is 1.33 bits per heavy atom. The molecule has 1 amide bonds. The Morgan fingerprint density at radius 2 is 2.08 bits per heavy atom. The minimum atomic E-state index is -3.06. The molecule has 1 aromatic heterocycles. The minimum Gasteiger partial charge on any atom is -0.444 e. The maximum Gasteiger partial charge on any atom is 0.226 e. The average molecular weight is 352 g/mol. The molecule has 1 aromatic carbocycles. The quantitative estimate of drug-likeness (QED) is 0.882. The third kappa shape index (κ3) is 4.00.